The number of ether oxygens (including phenoxy) is 2. The van der Waals surface area contributed by atoms with Crippen LogP contribution in [-0.2, 0) is 0 Å². The van der Waals surface area contributed by atoms with Gasteiger partial charge in [-0.2, -0.15) is 8.78 Å². The lowest BCUT2D eigenvalue weighted by Gasteiger charge is -2.40. The van der Waals surface area contributed by atoms with E-state index in [0.717, 1.165) is 12.1 Å². The van der Waals surface area contributed by atoms with E-state index in [0.29, 0.717) is 35.9 Å². The molecule has 0 radical (unpaired) electrons. The molecule has 2 aromatic heterocycles. The number of halogens is 4. The van der Waals surface area contributed by atoms with E-state index in [-0.39, 0.29) is 17.6 Å². The van der Waals surface area contributed by atoms with Gasteiger partial charge in [0.05, 0.1) is 25.5 Å². The highest BCUT2D eigenvalue weighted by Crippen LogP contribution is 2.29. The smallest absolute Gasteiger partial charge is 0.387 e. The molecule has 0 N–H and O–H groups in total. The molecule has 0 bridgehead atoms. The summed E-state index contributed by atoms with van der Waals surface area (Å²) in [5, 5.41) is 8.35. The monoisotopic (exact) mass is 445 g/mol. The molecule has 1 saturated heterocycles. The average molecular weight is 445 g/mol. The second-order valence-corrected chi connectivity index (χ2v) is 7.11. The molecule has 1 aliphatic rings. The van der Waals surface area contributed by atoms with Crippen molar-refractivity contribution < 1.29 is 27.0 Å². The largest absolute Gasteiger partial charge is 0.487 e. The van der Waals surface area contributed by atoms with Gasteiger partial charge in [-0.1, -0.05) is 0 Å². The second-order valence-electron chi connectivity index (χ2n) is 7.11. The van der Waals surface area contributed by atoms with Gasteiger partial charge in [0, 0.05) is 11.6 Å². The van der Waals surface area contributed by atoms with Crippen molar-refractivity contribution in [2.75, 3.05) is 18.0 Å². The van der Waals surface area contributed by atoms with Gasteiger partial charge >= 0.3 is 6.61 Å². The summed E-state index contributed by atoms with van der Waals surface area (Å²) < 4.78 is 63.1. The predicted molar refractivity (Wildman–Crippen MR) is 106 cm³/mol. The van der Waals surface area contributed by atoms with Crippen LogP contribution in [0.2, 0.25) is 0 Å². The molecule has 164 valence electrons. The first-order valence-corrected chi connectivity index (χ1v) is 9.59. The third kappa shape index (κ3) is 3.77. The van der Waals surface area contributed by atoms with Gasteiger partial charge < -0.3 is 14.4 Å². The van der Waals surface area contributed by atoms with Crippen LogP contribution in [0.5, 0.6) is 11.5 Å². The van der Waals surface area contributed by atoms with Crippen LogP contribution in [-0.4, -0.2) is 45.4 Å². The van der Waals surface area contributed by atoms with E-state index in [1.54, 1.807) is 28.9 Å². The van der Waals surface area contributed by atoms with Crippen LogP contribution in [0.3, 0.4) is 0 Å². The molecular formula is C21H15F4N5O2. The molecule has 1 fully saturated rings. The van der Waals surface area contributed by atoms with Gasteiger partial charge in [-0.15, -0.1) is 10.2 Å². The van der Waals surface area contributed by atoms with Crippen molar-refractivity contribution in [1.29, 1.82) is 0 Å². The van der Waals surface area contributed by atoms with E-state index in [1.165, 1.54) is 18.2 Å². The Morgan fingerprint density at radius 1 is 0.906 bits per heavy atom. The minimum absolute atomic E-state index is 0.0411. The van der Waals surface area contributed by atoms with Gasteiger partial charge in [-0.25, -0.2) is 8.78 Å². The highest BCUT2D eigenvalue weighted by atomic mass is 19.3. The lowest BCUT2D eigenvalue weighted by molar-refractivity contribution is -0.0498. The molecule has 5 rings (SSSR count). The first-order chi connectivity index (χ1) is 15.5. The number of hydrogen-bond acceptors (Lipinski definition) is 6. The Hall–Kier alpha value is -3.89. The maximum atomic E-state index is 13.4. The highest BCUT2D eigenvalue weighted by Gasteiger charge is 2.31. The third-order valence-electron chi connectivity index (χ3n) is 5.00. The van der Waals surface area contributed by atoms with Crippen LogP contribution in [0.25, 0.3) is 17.0 Å². The summed E-state index contributed by atoms with van der Waals surface area (Å²) in [5.41, 5.74) is 1.16. The number of nitrogens with zero attached hydrogens (tertiary/aromatic N) is 5. The minimum Gasteiger partial charge on any atom is -0.487 e. The normalized spacial score (nSPS) is 14.1. The van der Waals surface area contributed by atoms with E-state index < -0.39 is 18.2 Å². The Balaban J connectivity index is 1.36. The molecular weight excluding hydrogens is 430 g/mol. The molecule has 2 aromatic carbocycles. The zero-order chi connectivity index (χ0) is 22.2. The summed E-state index contributed by atoms with van der Waals surface area (Å²) in [5.74, 6) is -0.391. The number of fused-ring (bicyclic) bond motifs is 1. The summed E-state index contributed by atoms with van der Waals surface area (Å²) in [6.07, 6.45) is 2.99. The molecule has 32 heavy (non-hydrogen) atoms. The van der Waals surface area contributed by atoms with Crippen molar-refractivity contribution in [3.05, 3.63) is 66.5 Å². The zero-order valence-electron chi connectivity index (χ0n) is 16.3. The van der Waals surface area contributed by atoms with Crippen molar-refractivity contribution >= 4 is 11.5 Å². The first kappa shape index (κ1) is 20.0. The van der Waals surface area contributed by atoms with E-state index in [1.807, 2.05) is 4.90 Å². The van der Waals surface area contributed by atoms with Crippen molar-refractivity contribution in [3.8, 4) is 22.9 Å². The Labute approximate surface area is 178 Å². The van der Waals surface area contributed by atoms with E-state index in [9.17, 15) is 17.6 Å². The number of rotatable bonds is 6. The first-order valence-electron chi connectivity index (χ1n) is 9.59. The van der Waals surface area contributed by atoms with Gasteiger partial charge in [-0.05, 0) is 36.4 Å². The van der Waals surface area contributed by atoms with Crippen LogP contribution in [0.15, 0.2) is 54.9 Å². The molecule has 3 heterocycles. The quantitative estimate of drug-likeness (QED) is 0.419. The van der Waals surface area contributed by atoms with Gasteiger partial charge in [0.2, 0.25) is 0 Å². The summed E-state index contributed by atoms with van der Waals surface area (Å²) in [6.45, 7) is -1.93. The molecule has 7 nitrogen and oxygen atoms in total. The molecule has 0 saturated carbocycles. The van der Waals surface area contributed by atoms with Crippen LogP contribution < -0.4 is 14.4 Å². The van der Waals surface area contributed by atoms with Crippen LogP contribution in [0.4, 0.5) is 23.4 Å². The Morgan fingerprint density at radius 2 is 1.66 bits per heavy atom. The van der Waals surface area contributed by atoms with Crippen molar-refractivity contribution in [2.24, 2.45) is 0 Å². The fourth-order valence-electron chi connectivity index (χ4n) is 3.47. The van der Waals surface area contributed by atoms with E-state index >= 15 is 0 Å². The summed E-state index contributed by atoms with van der Waals surface area (Å²) in [4.78, 5) is 6.18. The molecule has 0 unspecified atom stereocenters. The van der Waals surface area contributed by atoms with Gasteiger partial charge in [-0.3, -0.25) is 9.38 Å². The lowest BCUT2D eigenvalue weighted by atomic mass is 10.1. The SMILES string of the molecule is Fc1ccc(OC2CN(c3cncc4nnc(-c5ccc(OC(F)F)cc5)n34)C2)cc1F. The third-order valence-corrected chi connectivity index (χ3v) is 5.00. The van der Waals surface area contributed by atoms with Gasteiger partial charge in [0.15, 0.2) is 23.1 Å². The lowest BCUT2D eigenvalue weighted by Crippen LogP contribution is -2.54. The summed E-state index contributed by atoms with van der Waals surface area (Å²) in [6, 6.07) is 9.50. The number of alkyl halides is 2. The van der Waals surface area contributed by atoms with Crippen molar-refractivity contribution in [2.45, 2.75) is 12.7 Å². The van der Waals surface area contributed by atoms with Gasteiger partial charge in [0.1, 0.15) is 23.4 Å². The molecule has 11 heteroatoms. The summed E-state index contributed by atoms with van der Waals surface area (Å²) in [7, 11) is 0. The molecule has 0 atom stereocenters. The zero-order valence-corrected chi connectivity index (χ0v) is 16.3. The maximum absolute atomic E-state index is 13.4. The molecule has 4 aromatic rings. The molecule has 0 aliphatic carbocycles. The molecule has 0 amide bonds. The van der Waals surface area contributed by atoms with Crippen LogP contribution in [0.1, 0.15) is 0 Å². The molecule has 0 spiro atoms. The second kappa shape index (κ2) is 7.98. The highest BCUT2D eigenvalue weighted by molar-refractivity contribution is 5.64. The predicted octanol–water partition coefficient (Wildman–Crippen LogP) is 3.94. The van der Waals surface area contributed by atoms with Gasteiger partial charge in [0.25, 0.3) is 0 Å². The number of benzene rings is 2. The van der Waals surface area contributed by atoms with E-state index in [4.69, 9.17) is 4.74 Å². The standard InChI is InChI=1S/C21H15F4N5O2/c22-16-6-5-14(7-17(16)23)31-15-10-29(11-15)19-9-26-8-18-27-28-20(30(18)19)12-1-3-13(4-2-12)32-21(24)25/h1-9,15,21H,10-11H2. The maximum Gasteiger partial charge on any atom is 0.387 e. The fourth-order valence-corrected chi connectivity index (χ4v) is 3.47. The minimum atomic E-state index is -2.90. The van der Waals surface area contributed by atoms with Crippen LogP contribution >= 0.6 is 0 Å². The fraction of sp³-hybridized carbons (Fsp3) is 0.190. The van der Waals surface area contributed by atoms with Crippen molar-refractivity contribution in [1.82, 2.24) is 19.6 Å². The number of hydrogen-bond donors (Lipinski definition) is 0. The molecule has 1 aliphatic heterocycles. The Bertz CT molecular complexity index is 1260. The Kier molecular flexibility index (Phi) is 5.00. The van der Waals surface area contributed by atoms with Crippen molar-refractivity contribution in [3.63, 3.8) is 0 Å². The topological polar surface area (TPSA) is 64.8 Å². The number of anilines is 1. The number of aromatic nitrogens is 4. The Morgan fingerprint density at radius 3 is 2.38 bits per heavy atom. The van der Waals surface area contributed by atoms with Crippen LogP contribution in [0, 0.1) is 11.6 Å². The van der Waals surface area contributed by atoms with E-state index in [2.05, 4.69) is 19.9 Å². The average Bonchev–Trinajstić information content (AvgIpc) is 3.18. The summed E-state index contributed by atoms with van der Waals surface area (Å²) >= 11 is 0.